The Kier molecular flexibility index (Phi) is 9.48. The summed E-state index contributed by atoms with van der Waals surface area (Å²) in [7, 11) is 1.63. The van der Waals surface area contributed by atoms with Crippen molar-refractivity contribution in [2.45, 2.75) is 50.7 Å². The van der Waals surface area contributed by atoms with Gasteiger partial charge in [-0.25, -0.2) is 14.4 Å². The van der Waals surface area contributed by atoms with Gasteiger partial charge in [-0.1, -0.05) is 31.9 Å². The molecule has 2 aliphatic carbocycles. The van der Waals surface area contributed by atoms with Crippen molar-refractivity contribution >= 4 is 23.4 Å². The SMILES string of the molecule is COCCOCCOC1=NC2C(=CC(Nc3nc(N[C@@H]4CCCC[C@@H]4N)c(F)cc3C(N)=O)=CC2C)C=C1. The van der Waals surface area contributed by atoms with E-state index in [0.717, 1.165) is 37.3 Å². The fraction of sp³-hybridized carbons (Fsp3) is 0.519. The van der Waals surface area contributed by atoms with Crippen molar-refractivity contribution in [3.05, 3.63) is 53.0 Å². The summed E-state index contributed by atoms with van der Waals surface area (Å²) in [6.45, 7) is 3.94. The average molecular weight is 529 g/mol. The Morgan fingerprint density at radius 2 is 1.95 bits per heavy atom. The number of allylic oxidation sites excluding steroid dienone is 1. The summed E-state index contributed by atoms with van der Waals surface area (Å²) in [5, 5.41) is 6.31. The molecule has 1 aromatic rings. The predicted octanol–water partition coefficient (Wildman–Crippen LogP) is 2.89. The van der Waals surface area contributed by atoms with Crippen molar-refractivity contribution in [1.82, 2.24) is 4.98 Å². The highest BCUT2D eigenvalue weighted by Crippen LogP contribution is 2.31. The average Bonchev–Trinajstić information content (AvgIpc) is 2.89. The quantitative estimate of drug-likeness (QED) is 0.321. The first-order valence-electron chi connectivity index (χ1n) is 13.0. The number of nitrogens with two attached hydrogens (primary N) is 2. The number of halogens is 1. The summed E-state index contributed by atoms with van der Waals surface area (Å²) in [6, 6.07) is 0.825. The van der Waals surface area contributed by atoms with E-state index in [-0.39, 0.29) is 41.2 Å². The third-order valence-electron chi connectivity index (χ3n) is 6.84. The zero-order valence-corrected chi connectivity index (χ0v) is 21.9. The van der Waals surface area contributed by atoms with Crippen LogP contribution in [0.25, 0.3) is 0 Å². The smallest absolute Gasteiger partial charge is 0.252 e. The molecular weight excluding hydrogens is 491 g/mol. The van der Waals surface area contributed by atoms with Gasteiger partial charge in [0, 0.05) is 36.9 Å². The number of carbonyl (C=O) groups excluding carboxylic acids is 1. The van der Waals surface area contributed by atoms with Crippen LogP contribution >= 0.6 is 0 Å². The number of hydrogen-bond acceptors (Lipinski definition) is 9. The molecule has 3 aliphatic rings. The Morgan fingerprint density at radius 3 is 2.71 bits per heavy atom. The molecule has 11 heteroatoms. The molecule has 2 heterocycles. The largest absolute Gasteiger partial charge is 0.475 e. The molecule has 1 amide bonds. The molecule has 0 saturated heterocycles. The number of aromatic nitrogens is 1. The van der Waals surface area contributed by atoms with Crippen LogP contribution < -0.4 is 22.1 Å². The lowest BCUT2D eigenvalue weighted by Crippen LogP contribution is -2.43. The highest BCUT2D eigenvalue weighted by molar-refractivity contribution is 5.98. The minimum Gasteiger partial charge on any atom is -0.475 e. The van der Waals surface area contributed by atoms with Crippen molar-refractivity contribution < 1.29 is 23.4 Å². The van der Waals surface area contributed by atoms with Gasteiger partial charge in [0.25, 0.3) is 5.91 Å². The molecule has 2 unspecified atom stereocenters. The predicted molar refractivity (Wildman–Crippen MR) is 145 cm³/mol. The van der Waals surface area contributed by atoms with E-state index in [9.17, 15) is 9.18 Å². The van der Waals surface area contributed by atoms with Crippen LogP contribution in [0.15, 0.2) is 46.6 Å². The number of nitrogens with zero attached hydrogens (tertiary/aromatic N) is 2. The summed E-state index contributed by atoms with van der Waals surface area (Å²) in [5.41, 5.74) is 13.4. The first kappa shape index (κ1) is 27.7. The molecule has 206 valence electrons. The number of anilines is 2. The van der Waals surface area contributed by atoms with E-state index in [0.29, 0.717) is 38.0 Å². The van der Waals surface area contributed by atoms with E-state index < -0.39 is 11.7 Å². The number of hydrogen-bond donors (Lipinski definition) is 4. The van der Waals surface area contributed by atoms with Gasteiger partial charge in [0.15, 0.2) is 11.6 Å². The second kappa shape index (κ2) is 13.0. The van der Waals surface area contributed by atoms with E-state index in [1.54, 1.807) is 7.11 Å². The summed E-state index contributed by atoms with van der Waals surface area (Å²) >= 11 is 0. The van der Waals surface area contributed by atoms with Gasteiger partial charge < -0.3 is 36.3 Å². The van der Waals surface area contributed by atoms with Gasteiger partial charge in [-0.2, -0.15) is 0 Å². The zero-order chi connectivity index (χ0) is 27.1. The molecule has 1 saturated carbocycles. The minimum atomic E-state index is -0.773. The Balaban J connectivity index is 1.45. The number of ether oxygens (including phenoxy) is 3. The highest BCUT2D eigenvalue weighted by atomic mass is 19.1. The fourth-order valence-corrected chi connectivity index (χ4v) is 4.81. The van der Waals surface area contributed by atoms with Crippen LogP contribution in [0.2, 0.25) is 0 Å². The van der Waals surface area contributed by atoms with Crippen LogP contribution in [0.4, 0.5) is 16.0 Å². The van der Waals surface area contributed by atoms with E-state index in [1.807, 2.05) is 31.2 Å². The van der Waals surface area contributed by atoms with E-state index in [2.05, 4.69) is 15.6 Å². The Bertz CT molecular complexity index is 1130. The van der Waals surface area contributed by atoms with Gasteiger partial charge in [-0.3, -0.25) is 4.79 Å². The molecule has 1 fully saturated rings. The van der Waals surface area contributed by atoms with Crippen molar-refractivity contribution in [3.8, 4) is 0 Å². The van der Waals surface area contributed by atoms with Crippen LogP contribution in [0, 0.1) is 11.7 Å². The Morgan fingerprint density at radius 1 is 1.16 bits per heavy atom. The fourth-order valence-electron chi connectivity index (χ4n) is 4.81. The number of carbonyl (C=O) groups is 1. The van der Waals surface area contributed by atoms with Crippen molar-refractivity contribution in [1.29, 1.82) is 0 Å². The molecule has 4 rings (SSSR count). The second-order valence-electron chi connectivity index (χ2n) is 9.73. The number of amides is 1. The number of rotatable bonds is 11. The summed E-state index contributed by atoms with van der Waals surface area (Å²) in [5.74, 6) is -0.621. The first-order valence-corrected chi connectivity index (χ1v) is 13.0. The summed E-state index contributed by atoms with van der Waals surface area (Å²) in [6.07, 6.45) is 11.5. The van der Waals surface area contributed by atoms with E-state index >= 15 is 0 Å². The van der Waals surface area contributed by atoms with Crippen LogP contribution in [0.5, 0.6) is 0 Å². The third kappa shape index (κ3) is 6.97. The first-order chi connectivity index (χ1) is 18.4. The van der Waals surface area contributed by atoms with E-state index in [1.165, 1.54) is 0 Å². The molecule has 0 radical (unpaired) electrons. The van der Waals surface area contributed by atoms with Crippen LogP contribution in [-0.4, -0.2) is 68.5 Å². The van der Waals surface area contributed by atoms with Crippen molar-refractivity contribution in [2.24, 2.45) is 22.4 Å². The lowest BCUT2D eigenvalue weighted by Gasteiger charge is -2.30. The van der Waals surface area contributed by atoms with Gasteiger partial charge in [0.1, 0.15) is 12.4 Å². The van der Waals surface area contributed by atoms with Gasteiger partial charge >= 0.3 is 0 Å². The second-order valence-corrected chi connectivity index (χ2v) is 9.73. The Labute approximate surface area is 222 Å². The number of aliphatic imine (C=N–C) groups is 1. The molecule has 0 spiro atoms. The number of fused-ring (bicyclic) bond motifs is 1. The maximum atomic E-state index is 14.9. The molecule has 0 bridgehead atoms. The Hall–Kier alpha value is -3.28. The van der Waals surface area contributed by atoms with Crippen LogP contribution in [0.1, 0.15) is 43.0 Å². The van der Waals surface area contributed by atoms with Gasteiger partial charge in [0.2, 0.25) is 5.90 Å². The molecule has 1 aliphatic heterocycles. The number of pyridine rings is 1. The summed E-state index contributed by atoms with van der Waals surface area (Å²) in [4.78, 5) is 21.2. The normalized spacial score (nSPS) is 24.6. The molecule has 38 heavy (non-hydrogen) atoms. The molecule has 4 atom stereocenters. The van der Waals surface area contributed by atoms with Gasteiger partial charge in [-0.15, -0.1) is 0 Å². The number of methoxy groups -OCH3 is 1. The molecule has 1 aromatic heterocycles. The monoisotopic (exact) mass is 528 g/mol. The van der Waals surface area contributed by atoms with Gasteiger partial charge in [-0.05, 0) is 30.6 Å². The molecule has 0 aromatic carbocycles. The number of dihydropyridines is 1. The topological polar surface area (TPSA) is 146 Å². The summed E-state index contributed by atoms with van der Waals surface area (Å²) < 4.78 is 31.0. The maximum Gasteiger partial charge on any atom is 0.252 e. The minimum absolute atomic E-state index is 0.0225. The number of primary amides is 1. The molecule has 6 N–H and O–H groups in total. The highest BCUT2D eigenvalue weighted by Gasteiger charge is 2.28. The maximum absolute atomic E-state index is 14.9. The molecular formula is C27H37FN6O4. The third-order valence-corrected chi connectivity index (χ3v) is 6.84. The van der Waals surface area contributed by atoms with Crippen molar-refractivity contribution in [3.63, 3.8) is 0 Å². The van der Waals surface area contributed by atoms with Crippen LogP contribution in [0.3, 0.4) is 0 Å². The lowest BCUT2D eigenvalue weighted by atomic mass is 9.87. The van der Waals surface area contributed by atoms with Crippen LogP contribution in [-0.2, 0) is 14.2 Å². The van der Waals surface area contributed by atoms with Gasteiger partial charge in [0.05, 0.1) is 31.4 Å². The van der Waals surface area contributed by atoms with E-state index in [4.69, 9.17) is 30.7 Å². The number of nitrogens with one attached hydrogen (secondary N) is 2. The standard InChI is InChI=1S/C27H37FN6O4/c1-16-13-18(14-17-7-8-23(33-24(16)17)38-12-11-37-10-9-36-2)31-26-19(25(30)35)15-20(28)27(34-26)32-22-6-4-3-5-21(22)29/h7-8,13-16,21-22,24H,3-6,9-12,29H2,1-2H3,(H2,30,35)(H2,31,32,34)/t16?,21-,22+,24?/m0/s1. The molecule has 10 nitrogen and oxygen atoms in total. The zero-order valence-electron chi connectivity index (χ0n) is 21.9. The van der Waals surface area contributed by atoms with Crippen molar-refractivity contribution in [2.75, 3.05) is 44.2 Å². The lowest BCUT2D eigenvalue weighted by molar-refractivity contribution is 0.0525.